The molecule has 19 heavy (non-hydrogen) atoms. The summed E-state index contributed by atoms with van der Waals surface area (Å²) >= 11 is 0. The molecular weight excluding hydrogens is 238 g/mol. The molecule has 0 aromatic carbocycles. The number of rotatable bonds is 8. The molecule has 106 valence electrons. The summed E-state index contributed by atoms with van der Waals surface area (Å²) < 4.78 is 0. The average Bonchev–Trinajstić information content (AvgIpc) is 3.20. The van der Waals surface area contributed by atoms with Crippen LogP contribution in [-0.4, -0.2) is 55.1 Å². The lowest BCUT2D eigenvalue weighted by Gasteiger charge is -2.19. The van der Waals surface area contributed by atoms with Crippen LogP contribution in [-0.2, 0) is 6.54 Å². The van der Waals surface area contributed by atoms with Crippen LogP contribution in [0.2, 0.25) is 0 Å². The van der Waals surface area contributed by atoms with E-state index in [4.69, 9.17) is 0 Å². The van der Waals surface area contributed by atoms with Gasteiger partial charge in [-0.1, -0.05) is 0 Å². The van der Waals surface area contributed by atoms with E-state index < -0.39 is 0 Å². The molecule has 1 aliphatic carbocycles. The molecular formula is C14H25N5. The zero-order valence-corrected chi connectivity index (χ0v) is 12.3. The number of aromatic nitrogens is 2. The van der Waals surface area contributed by atoms with Crippen LogP contribution >= 0.6 is 0 Å². The third-order valence-corrected chi connectivity index (χ3v) is 3.33. The lowest BCUT2D eigenvalue weighted by atomic mass is 10.3. The first-order valence-corrected chi connectivity index (χ1v) is 7.05. The number of hydrogen-bond donors (Lipinski definition) is 1. The first kappa shape index (κ1) is 14.2. The molecule has 1 N–H and O–H groups in total. The monoisotopic (exact) mass is 263 g/mol. The van der Waals surface area contributed by atoms with Gasteiger partial charge in [0, 0.05) is 26.2 Å². The molecule has 0 spiro atoms. The third-order valence-electron chi connectivity index (χ3n) is 3.33. The Morgan fingerprint density at radius 3 is 2.53 bits per heavy atom. The van der Waals surface area contributed by atoms with Crippen LogP contribution in [0.3, 0.4) is 0 Å². The van der Waals surface area contributed by atoms with Crippen LogP contribution in [0.1, 0.15) is 25.0 Å². The lowest BCUT2D eigenvalue weighted by molar-refractivity contribution is 0.401. The summed E-state index contributed by atoms with van der Waals surface area (Å²) in [5.41, 5.74) is 1.03. The summed E-state index contributed by atoms with van der Waals surface area (Å²) in [6, 6.07) is 0.718. The van der Waals surface area contributed by atoms with Crippen molar-refractivity contribution in [3.05, 3.63) is 18.1 Å². The van der Waals surface area contributed by atoms with Gasteiger partial charge in [0.1, 0.15) is 5.82 Å². The minimum atomic E-state index is 0.718. The number of anilines is 1. The normalized spacial score (nSPS) is 14.9. The number of nitrogens with zero attached hydrogens (tertiary/aromatic N) is 4. The first-order chi connectivity index (χ1) is 9.15. The van der Waals surface area contributed by atoms with E-state index in [9.17, 15) is 0 Å². The predicted molar refractivity (Wildman–Crippen MR) is 78.3 cm³/mol. The van der Waals surface area contributed by atoms with Crippen LogP contribution in [0.15, 0.2) is 12.4 Å². The Bertz CT molecular complexity index is 372. The second-order valence-electron chi connectivity index (χ2n) is 5.60. The molecule has 0 aliphatic heterocycles. The van der Waals surface area contributed by atoms with Crippen molar-refractivity contribution < 1.29 is 0 Å². The van der Waals surface area contributed by atoms with E-state index in [0.29, 0.717) is 0 Å². The van der Waals surface area contributed by atoms with Gasteiger partial charge in [-0.2, -0.15) is 0 Å². The summed E-state index contributed by atoms with van der Waals surface area (Å²) in [6.45, 7) is 2.94. The molecule has 1 aromatic rings. The molecule has 1 heterocycles. The number of hydrogen-bond acceptors (Lipinski definition) is 5. The average molecular weight is 263 g/mol. The van der Waals surface area contributed by atoms with E-state index in [-0.39, 0.29) is 0 Å². The van der Waals surface area contributed by atoms with Gasteiger partial charge in [-0.25, -0.2) is 4.98 Å². The van der Waals surface area contributed by atoms with Gasteiger partial charge in [-0.3, -0.25) is 4.98 Å². The molecule has 5 nitrogen and oxygen atoms in total. The lowest BCUT2D eigenvalue weighted by Crippen LogP contribution is -2.24. The van der Waals surface area contributed by atoms with Crippen LogP contribution in [0, 0.1) is 0 Å². The summed E-state index contributed by atoms with van der Waals surface area (Å²) in [5.74, 6) is 0.953. The smallest absolute Gasteiger partial charge is 0.146 e. The highest BCUT2D eigenvalue weighted by Crippen LogP contribution is 2.19. The van der Waals surface area contributed by atoms with Crippen molar-refractivity contribution >= 4 is 5.82 Å². The van der Waals surface area contributed by atoms with E-state index >= 15 is 0 Å². The molecule has 1 aromatic heterocycles. The molecule has 2 rings (SSSR count). The van der Waals surface area contributed by atoms with Crippen LogP contribution < -0.4 is 10.2 Å². The van der Waals surface area contributed by atoms with Gasteiger partial charge in [0.05, 0.1) is 18.1 Å². The minimum absolute atomic E-state index is 0.718. The molecule has 1 fully saturated rings. The summed E-state index contributed by atoms with van der Waals surface area (Å²) in [5, 5.41) is 3.45. The predicted octanol–water partition coefficient (Wildman–Crippen LogP) is 1.12. The summed E-state index contributed by atoms with van der Waals surface area (Å²) in [7, 11) is 6.27. The second-order valence-corrected chi connectivity index (χ2v) is 5.60. The fourth-order valence-corrected chi connectivity index (χ4v) is 1.91. The van der Waals surface area contributed by atoms with Crippen molar-refractivity contribution in [1.29, 1.82) is 0 Å². The van der Waals surface area contributed by atoms with Crippen molar-refractivity contribution in [3.63, 3.8) is 0 Å². The first-order valence-electron chi connectivity index (χ1n) is 7.05. The Morgan fingerprint density at radius 2 is 1.95 bits per heavy atom. The zero-order valence-electron chi connectivity index (χ0n) is 12.3. The zero-order chi connectivity index (χ0) is 13.7. The highest BCUT2D eigenvalue weighted by molar-refractivity contribution is 5.34. The largest absolute Gasteiger partial charge is 0.358 e. The minimum Gasteiger partial charge on any atom is -0.358 e. The van der Waals surface area contributed by atoms with Crippen molar-refractivity contribution in [2.24, 2.45) is 0 Å². The van der Waals surface area contributed by atoms with E-state index in [2.05, 4.69) is 46.2 Å². The molecule has 1 aliphatic rings. The molecule has 0 atom stereocenters. The van der Waals surface area contributed by atoms with Gasteiger partial charge >= 0.3 is 0 Å². The van der Waals surface area contributed by atoms with Gasteiger partial charge in [0.25, 0.3) is 0 Å². The Kier molecular flexibility index (Phi) is 5.10. The van der Waals surface area contributed by atoms with E-state index in [1.807, 2.05) is 12.4 Å². The van der Waals surface area contributed by atoms with Crippen LogP contribution in [0.25, 0.3) is 0 Å². The van der Waals surface area contributed by atoms with Crippen molar-refractivity contribution in [1.82, 2.24) is 20.2 Å². The Hall–Kier alpha value is -1.20. The number of nitrogens with one attached hydrogen (secondary N) is 1. The Balaban J connectivity index is 1.75. The molecule has 1 saturated carbocycles. The highest BCUT2D eigenvalue weighted by atomic mass is 15.2. The Labute approximate surface area is 116 Å². The fraction of sp³-hybridized carbons (Fsp3) is 0.714. The Morgan fingerprint density at radius 1 is 1.16 bits per heavy atom. The highest BCUT2D eigenvalue weighted by Gasteiger charge is 2.20. The maximum atomic E-state index is 4.48. The van der Waals surface area contributed by atoms with Crippen molar-refractivity contribution in [2.45, 2.75) is 31.8 Å². The van der Waals surface area contributed by atoms with Gasteiger partial charge in [0.2, 0.25) is 0 Å². The van der Waals surface area contributed by atoms with Crippen LogP contribution in [0.4, 0.5) is 5.82 Å². The molecule has 0 radical (unpaired) electrons. The fourth-order valence-electron chi connectivity index (χ4n) is 1.91. The van der Waals surface area contributed by atoms with Gasteiger partial charge in [0.15, 0.2) is 0 Å². The standard InChI is InChI=1S/C14H25N5/c1-18(2)7-4-8-19(3)14-11-16-13(10-17-14)9-15-12-5-6-12/h10-12,15H,4-9H2,1-3H3. The SMILES string of the molecule is CN(C)CCCN(C)c1cnc(CNC2CC2)cn1. The van der Waals surface area contributed by atoms with Gasteiger partial charge < -0.3 is 15.1 Å². The third kappa shape index (κ3) is 5.12. The van der Waals surface area contributed by atoms with Crippen LogP contribution in [0.5, 0.6) is 0 Å². The van der Waals surface area contributed by atoms with Gasteiger partial charge in [-0.05, 0) is 39.9 Å². The molecule has 0 saturated heterocycles. The van der Waals surface area contributed by atoms with E-state index in [0.717, 1.165) is 43.6 Å². The van der Waals surface area contributed by atoms with Gasteiger partial charge in [-0.15, -0.1) is 0 Å². The van der Waals surface area contributed by atoms with E-state index in [1.165, 1.54) is 12.8 Å². The summed E-state index contributed by atoms with van der Waals surface area (Å²) in [4.78, 5) is 13.3. The van der Waals surface area contributed by atoms with E-state index in [1.54, 1.807) is 0 Å². The summed E-state index contributed by atoms with van der Waals surface area (Å²) in [6.07, 6.45) is 7.50. The maximum Gasteiger partial charge on any atom is 0.146 e. The molecule has 0 amide bonds. The van der Waals surface area contributed by atoms with Crippen molar-refractivity contribution in [2.75, 3.05) is 39.1 Å². The quantitative estimate of drug-likeness (QED) is 0.761. The second kappa shape index (κ2) is 6.82. The molecule has 5 heteroatoms. The molecule has 0 bridgehead atoms. The van der Waals surface area contributed by atoms with Crippen molar-refractivity contribution in [3.8, 4) is 0 Å². The maximum absolute atomic E-state index is 4.48. The molecule has 0 unspecified atom stereocenters. The topological polar surface area (TPSA) is 44.3 Å².